The highest BCUT2D eigenvalue weighted by Gasteiger charge is 2.29. The summed E-state index contributed by atoms with van der Waals surface area (Å²) in [4.78, 5) is 17.6. The monoisotopic (exact) mass is 318 g/mol. The van der Waals surface area contributed by atoms with Gasteiger partial charge in [0.2, 0.25) is 0 Å². The number of halogens is 1. The molecule has 2 heterocycles. The number of hydrogen-bond donors (Lipinski definition) is 0. The lowest BCUT2D eigenvalue weighted by molar-refractivity contribution is 0.181. The Morgan fingerprint density at radius 3 is 2.82 bits per heavy atom. The van der Waals surface area contributed by atoms with Crippen molar-refractivity contribution in [3.05, 3.63) is 52.8 Å². The number of aryl methyl sites for hydroxylation is 1. The largest absolute Gasteiger partial charge is 0.487 e. The van der Waals surface area contributed by atoms with Crippen molar-refractivity contribution in [2.24, 2.45) is 0 Å². The number of hydrogen-bond acceptors (Lipinski definition) is 4. The molecule has 1 saturated heterocycles. The molecule has 3 rings (SSSR count). The first-order valence-electron chi connectivity index (χ1n) is 6.93. The van der Waals surface area contributed by atoms with E-state index in [2.05, 4.69) is 4.98 Å². The van der Waals surface area contributed by atoms with Crippen LogP contribution < -0.4 is 9.64 Å². The third-order valence-electron chi connectivity index (χ3n) is 3.37. The van der Waals surface area contributed by atoms with Crippen LogP contribution >= 0.6 is 11.6 Å². The van der Waals surface area contributed by atoms with Gasteiger partial charge < -0.3 is 9.47 Å². The molecule has 0 saturated carbocycles. The highest BCUT2D eigenvalue weighted by Crippen LogP contribution is 2.35. The number of nitrogens with zero attached hydrogens (tertiary/aromatic N) is 2. The van der Waals surface area contributed by atoms with Gasteiger partial charge in [-0.1, -0.05) is 41.9 Å². The van der Waals surface area contributed by atoms with Gasteiger partial charge in [0, 0.05) is 6.07 Å². The van der Waals surface area contributed by atoms with E-state index in [0.29, 0.717) is 42.0 Å². The van der Waals surface area contributed by atoms with E-state index in [4.69, 9.17) is 21.1 Å². The predicted octanol–water partition coefficient (Wildman–Crippen LogP) is 3.58. The van der Waals surface area contributed by atoms with E-state index in [9.17, 15) is 4.79 Å². The number of ether oxygens (including phenoxy) is 2. The topological polar surface area (TPSA) is 51.7 Å². The standard InChI is InChI=1S/C16H15ClN2O3/c1-11-15(19-7-8-21-16(19)20)13(9-14(17)18-11)22-10-12-5-3-2-4-6-12/h2-6,9H,7-8,10H2,1H3. The van der Waals surface area contributed by atoms with Crippen molar-refractivity contribution in [2.45, 2.75) is 13.5 Å². The van der Waals surface area contributed by atoms with Crippen LogP contribution in [0.2, 0.25) is 5.15 Å². The number of rotatable bonds is 4. The van der Waals surface area contributed by atoms with Crippen molar-refractivity contribution in [2.75, 3.05) is 18.1 Å². The van der Waals surface area contributed by atoms with E-state index in [-0.39, 0.29) is 0 Å². The molecule has 0 N–H and O–H groups in total. The zero-order valence-corrected chi connectivity index (χ0v) is 12.8. The van der Waals surface area contributed by atoms with Crippen LogP contribution in [0.1, 0.15) is 11.3 Å². The molecule has 22 heavy (non-hydrogen) atoms. The van der Waals surface area contributed by atoms with Gasteiger partial charge in [-0.3, -0.25) is 4.90 Å². The first kappa shape index (κ1) is 14.7. The Morgan fingerprint density at radius 2 is 2.14 bits per heavy atom. The van der Waals surface area contributed by atoms with E-state index in [1.807, 2.05) is 30.3 Å². The second-order valence-electron chi connectivity index (χ2n) is 4.92. The molecular formula is C16H15ClN2O3. The van der Waals surface area contributed by atoms with Crippen LogP contribution in [-0.4, -0.2) is 24.2 Å². The Morgan fingerprint density at radius 1 is 1.36 bits per heavy atom. The summed E-state index contributed by atoms with van der Waals surface area (Å²) in [5, 5.41) is 0.330. The summed E-state index contributed by atoms with van der Waals surface area (Å²) in [5.41, 5.74) is 2.28. The summed E-state index contributed by atoms with van der Waals surface area (Å²) in [6, 6.07) is 11.4. The molecule has 0 aliphatic carbocycles. The maximum absolute atomic E-state index is 11.8. The molecule has 0 atom stereocenters. The van der Waals surface area contributed by atoms with Crippen LogP contribution in [0.5, 0.6) is 5.75 Å². The fourth-order valence-electron chi connectivity index (χ4n) is 2.37. The van der Waals surface area contributed by atoms with Crippen LogP contribution in [-0.2, 0) is 11.3 Å². The van der Waals surface area contributed by atoms with Crippen molar-refractivity contribution in [1.82, 2.24) is 4.98 Å². The first-order valence-corrected chi connectivity index (χ1v) is 7.31. The van der Waals surface area contributed by atoms with Crippen molar-refractivity contribution in [3.63, 3.8) is 0 Å². The minimum atomic E-state index is -0.392. The van der Waals surface area contributed by atoms with E-state index in [1.165, 1.54) is 4.90 Å². The minimum Gasteiger partial charge on any atom is -0.487 e. The Labute approximate surface area is 133 Å². The number of pyridine rings is 1. The van der Waals surface area contributed by atoms with E-state index < -0.39 is 6.09 Å². The molecule has 1 fully saturated rings. The smallest absolute Gasteiger partial charge is 0.414 e. The van der Waals surface area contributed by atoms with Gasteiger partial charge in [0.25, 0.3) is 0 Å². The van der Waals surface area contributed by atoms with Gasteiger partial charge in [-0.2, -0.15) is 0 Å². The van der Waals surface area contributed by atoms with Gasteiger partial charge in [0.1, 0.15) is 29.8 Å². The van der Waals surface area contributed by atoms with Crippen molar-refractivity contribution < 1.29 is 14.3 Å². The molecule has 5 nitrogen and oxygen atoms in total. The normalized spacial score (nSPS) is 14.1. The second-order valence-corrected chi connectivity index (χ2v) is 5.30. The fraction of sp³-hybridized carbons (Fsp3) is 0.250. The lowest BCUT2D eigenvalue weighted by Crippen LogP contribution is -2.25. The number of carbonyl (C=O) groups is 1. The van der Waals surface area contributed by atoms with Gasteiger partial charge in [-0.05, 0) is 12.5 Å². The Kier molecular flexibility index (Phi) is 4.15. The average molecular weight is 319 g/mol. The Hall–Kier alpha value is -2.27. The second kappa shape index (κ2) is 6.23. The maximum Gasteiger partial charge on any atom is 0.414 e. The maximum atomic E-state index is 11.8. The molecule has 114 valence electrons. The molecule has 0 bridgehead atoms. The molecule has 1 aliphatic heterocycles. The summed E-state index contributed by atoms with van der Waals surface area (Å²) < 4.78 is 10.9. The quantitative estimate of drug-likeness (QED) is 0.809. The Balaban J connectivity index is 1.90. The SMILES string of the molecule is Cc1nc(Cl)cc(OCc2ccccc2)c1N1CCOC1=O. The van der Waals surface area contributed by atoms with Crippen LogP contribution in [0, 0.1) is 6.92 Å². The van der Waals surface area contributed by atoms with Crippen molar-refractivity contribution in [3.8, 4) is 5.75 Å². The molecule has 2 aromatic rings. The summed E-state index contributed by atoms with van der Waals surface area (Å²) in [6.07, 6.45) is -0.392. The molecule has 0 unspecified atom stereocenters. The number of benzene rings is 1. The number of cyclic esters (lactones) is 1. The van der Waals surface area contributed by atoms with Gasteiger partial charge in [-0.25, -0.2) is 9.78 Å². The fourth-order valence-corrected chi connectivity index (χ4v) is 2.60. The lowest BCUT2D eigenvalue weighted by Gasteiger charge is -2.19. The number of carbonyl (C=O) groups excluding carboxylic acids is 1. The van der Waals surface area contributed by atoms with Crippen molar-refractivity contribution in [1.29, 1.82) is 0 Å². The van der Waals surface area contributed by atoms with E-state index >= 15 is 0 Å². The number of aromatic nitrogens is 1. The minimum absolute atomic E-state index is 0.330. The predicted molar refractivity (Wildman–Crippen MR) is 83.5 cm³/mol. The van der Waals surface area contributed by atoms with E-state index in [1.54, 1.807) is 13.0 Å². The molecule has 1 aromatic heterocycles. The highest BCUT2D eigenvalue weighted by atomic mass is 35.5. The molecular weight excluding hydrogens is 304 g/mol. The third-order valence-corrected chi connectivity index (χ3v) is 3.56. The highest BCUT2D eigenvalue weighted by molar-refractivity contribution is 6.29. The molecule has 6 heteroatoms. The van der Waals surface area contributed by atoms with Crippen LogP contribution in [0.3, 0.4) is 0 Å². The third kappa shape index (κ3) is 2.99. The zero-order valence-electron chi connectivity index (χ0n) is 12.1. The molecule has 1 aliphatic rings. The first-order chi connectivity index (χ1) is 10.6. The molecule has 1 aromatic carbocycles. The molecule has 0 radical (unpaired) electrons. The Bertz CT molecular complexity index is 691. The van der Waals surface area contributed by atoms with Gasteiger partial charge >= 0.3 is 6.09 Å². The number of amides is 1. The summed E-state index contributed by atoms with van der Waals surface area (Å²) >= 11 is 6.02. The van der Waals surface area contributed by atoms with E-state index in [0.717, 1.165) is 5.56 Å². The summed E-state index contributed by atoms with van der Waals surface area (Å²) in [5.74, 6) is 0.528. The summed E-state index contributed by atoms with van der Waals surface area (Å²) in [7, 11) is 0. The zero-order chi connectivity index (χ0) is 15.5. The van der Waals surface area contributed by atoms with Gasteiger partial charge in [0.05, 0.1) is 12.2 Å². The van der Waals surface area contributed by atoms with Crippen LogP contribution in [0.15, 0.2) is 36.4 Å². The van der Waals surface area contributed by atoms with Gasteiger partial charge in [-0.15, -0.1) is 0 Å². The molecule has 0 spiro atoms. The summed E-state index contributed by atoms with van der Waals surface area (Å²) in [6.45, 7) is 3.02. The van der Waals surface area contributed by atoms with Crippen molar-refractivity contribution >= 4 is 23.4 Å². The molecule has 1 amide bonds. The average Bonchev–Trinajstić information content (AvgIpc) is 2.91. The lowest BCUT2D eigenvalue weighted by atomic mass is 10.2. The van der Waals surface area contributed by atoms with Crippen LogP contribution in [0.25, 0.3) is 0 Å². The van der Waals surface area contributed by atoms with Crippen LogP contribution in [0.4, 0.5) is 10.5 Å². The van der Waals surface area contributed by atoms with Gasteiger partial charge in [0.15, 0.2) is 0 Å². The number of anilines is 1.